The third kappa shape index (κ3) is 3.39. The van der Waals surface area contributed by atoms with Crippen LogP contribution >= 0.6 is 0 Å². The lowest BCUT2D eigenvalue weighted by atomic mass is 10.4. The van der Waals surface area contributed by atoms with E-state index >= 15 is 0 Å². The average Bonchev–Trinajstić information content (AvgIpc) is 1.88. The van der Waals surface area contributed by atoms with Crippen molar-refractivity contribution in [3.05, 3.63) is 10.4 Å². The molecule has 0 saturated carbocycles. The van der Waals surface area contributed by atoms with Crippen molar-refractivity contribution in [2.75, 3.05) is 0 Å². The van der Waals surface area contributed by atoms with Crippen molar-refractivity contribution in [2.45, 2.75) is 19.5 Å². The Hall–Kier alpha value is -1.20. The Morgan fingerprint density at radius 2 is 1.67 bits per heavy atom. The van der Waals surface area contributed by atoms with Crippen LogP contribution in [0.3, 0.4) is 0 Å². The minimum atomic E-state index is -0.694. The lowest BCUT2D eigenvalue weighted by molar-refractivity contribution is 0.622. The second-order valence-electron chi connectivity index (χ2n) is 1.28. The van der Waals surface area contributed by atoms with E-state index in [9.17, 15) is 10.4 Å². The summed E-state index contributed by atoms with van der Waals surface area (Å²) in [5, 5.41) is 29.4. The van der Waals surface area contributed by atoms with Gasteiger partial charge in [0.15, 0.2) is 6.17 Å². The Morgan fingerprint density at radius 3 is 1.89 bits per heavy atom. The normalized spacial score (nSPS) is 12.2. The molecule has 0 spiro atoms. The maximum atomic E-state index is 9.43. The minimum absolute atomic E-state index is 0.456. The molecule has 0 saturated heterocycles. The van der Waals surface area contributed by atoms with E-state index in [1.165, 1.54) is 0 Å². The molecule has 0 aliphatic rings. The molecule has 9 heavy (non-hydrogen) atoms. The SMILES string of the molecule is CCC(/N=N/[O-])/N=N/[O-]. The average molecular weight is 130 g/mol. The van der Waals surface area contributed by atoms with Gasteiger partial charge in [-0.05, 0) is 6.42 Å². The predicted octanol–water partition coefficient (Wildman–Crippen LogP) is 1.62. The third-order valence-corrected chi connectivity index (χ3v) is 0.726. The summed E-state index contributed by atoms with van der Waals surface area (Å²) in [6.07, 6.45) is -0.239. The van der Waals surface area contributed by atoms with Crippen LogP contribution in [0.1, 0.15) is 13.3 Å². The second-order valence-corrected chi connectivity index (χ2v) is 1.28. The third-order valence-electron chi connectivity index (χ3n) is 0.726. The Morgan fingerprint density at radius 1 is 1.22 bits per heavy atom. The molecule has 6 nitrogen and oxygen atoms in total. The Kier molecular flexibility index (Phi) is 4.29. The van der Waals surface area contributed by atoms with Crippen molar-refractivity contribution in [3.8, 4) is 0 Å². The molecule has 0 aliphatic heterocycles. The highest BCUT2D eigenvalue weighted by Crippen LogP contribution is 1.99. The smallest absolute Gasteiger partial charge is 0.179 e. The zero-order valence-electron chi connectivity index (χ0n) is 4.89. The van der Waals surface area contributed by atoms with Crippen LogP contribution < -0.4 is 0 Å². The molecular formula is C3H6N4O2-2. The molecule has 0 fully saturated rings. The van der Waals surface area contributed by atoms with Gasteiger partial charge in [-0.1, -0.05) is 6.92 Å². The molecule has 0 bridgehead atoms. The molecule has 0 unspecified atom stereocenters. The summed E-state index contributed by atoms with van der Waals surface area (Å²) in [4.78, 5) is 0. The first-order valence-corrected chi connectivity index (χ1v) is 2.40. The zero-order valence-corrected chi connectivity index (χ0v) is 4.89. The van der Waals surface area contributed by atoms with Gasteiger partial charge in [-0.2, -0.15) is 10.2 Å². The summed E-state index contributed by atoms with van der Waals surface area (Å²) < 4.78 is 0. The summed E-state index contributed by atoms with van der Waals surface area (Å²) >= 11 is 0. The fourth-order valence-electron chi connectivity index (χ4n) is 0.295. The molecule has 0 radical (unpaired) electrons. The van der Waals surface area contributed by atoms with Gasteiger partial charge in [0.25, 0.3) is 0 Å². The molecule has 0 atom stereocenters. The van der Waals surface area contributed by atoms with Crippen molar-refractivity contribution >= 4 is 0 Å². The first-order chi connectivity index (χ1) is 4.35. The van der Waals surface area contributed by atoms with E-state index in [4.69, 9.17) is 0 Å². The number of nitrogens with zero attached hydrogens (tertiary/aromatic N) is 4. The van der Waals surface area contributed by atoms with Crippen molar-refractivity contribution in [1.82, 2.24) is 0 Å². The van der Waals surface area contributed by atoms with Crippen LogP contribution in [0.25, 0.3) is 0 Å². The molecule has 6 heteroatoms. The van der Waals surface area contributed by atoms with Crippen LogP contribution in [-0.4, -0.2) is 6.17 Å². The van der Waals surface area contributed by atoms with Gasteiger partial charge in [-0.15, -0.1) is 0 Å². The number of hydrogen-bond donors (Lipinski definition) is 0. The van der Waals surface area contributed by atoms with Crippen LogP contribution in [0.5, 0.6) is 0 Å². The molecule has 0 N–H and O–H groups in total. The van der Waals surface area contributed by atoms with Gasteiger partial charge in [-0.3, -0.25) is 0 Å². The fraction of sp³-hybridized carbons (Fsp3) is 1.00. The highest BCUT2D eigenvalue weighted by Gasteiger charge is 1.95. The van der Waals surface area contributed by atoms with Gasteiger partial charge in [0.1, 0.15) is 0 Å². The van der Waals surface area contributed by atoms with Crippen molar-refractivity contribution in [1.29, 1.82) is 0 Å². The summed E-state index contributed by atoms with van der Waals surface area (Å²) in [6, 6.07) is 0. The molecule has 0 aromatic carbocycles. The molecule has 0 aromatic rings. The van der Waals surface area contributed by atoms with Crippen LogP contribution in [0.2, 0.25) is 0 Å². The topological polar surface area (TPSA) is 95.6 Å². The molecule has 0 amide bonds. The van der Waals surface area contributed by atoms with E-state index in [1.54, 1.807) is 6.92 Å². The van der Waals surface area contributed by atoms with Gasteiger partial charge < -0.3 is 10.4 Å². The zero-order chi connectivity index (χ0) is 7.11. The van der Waals surface area contributed by atoms with Gasteiger partial charge in [-0.25, -0.2) is 10.6 Å². The molecule has 0 rings (SSSR count). The largest absolute Gasteiger partial charge is 0.775 e. The van der Waals surface area contributed by atoms with Crippen molar-refractivity contribution in [2.24, 2.45) is 20.8 Å². The lowest BCUT2D eigenvalue weighted by Gasteiger charge is -2.00. The first kappa shape index (κ1) is 7.80. The first-order valence-electron chi connectivity index (χ1n) is 2.40. The minimum Gasteiger partial charge on any atom is -0.775 e. The van der Waals surface area contributed by atoms with E-state index in [0.717, 1.165) is 0 Å². The number of hydrogen-bond acceptors (Lipinski definition) is 6. The van der Waals surface area contributed by atoms with Crippen LogP contribution in [0.15, 0.2) is 20.8 Å². The standard InChI is InChI=1S/C3H8N4O2/c1-2-3(4-6-8)5-7-9/h3H,2H2,1H3,(H,4,8)(H,5,9)/p-2. The van der Waals surface area contributed by atoms with Gasteiger partial charge in [0, 0.05) is 0 Å². The van der Waals surface area contributed by atoms with E-state index in [2.05, 4.69) is 20.8 Å². The summed E-state index contributed by atoms with van der Waals surface area (Å²) in [6.45, 7) is 1.72. The Bertz CT molecular complexity index is 100. The second kappa shape index (κ2) is 4.95. The van der Waals surface area contributed by atoms with Crippen LogP contribution in [0, 0.1) is 10.4 Å². The van der Waals surface area contributed by atoms with E-state index < -0.39 is 6.17 Å². The molecule has 0 heterocycles. The van der Waals surface area contributed by atoms with Gasteiger partial charge in [0.2, 0.25) is 0 Å². The highest BCUT2D eigenvalue weighted by molar-refractivity contribution is 4.55. The van der Waals surface area contributed by atoms with Crippen molar-refractivity contribution in [3.63, 3.8) is 0 Å². The van der Waals surface area contributed by atoms with E-state index in [-0.39, 0.29) is 0 Å². The van der Waals surface area contributed by atoms with Crippen LogP contribution in [-0.2, 0) is 0 Å². The van der Waals surface area contributed by atoms with Crippen molar-refractivity contribution < 1.29 is 0 Å². The van der Waals surface area contributed by atoms with Gasteiger partial charge >= 0.3 is 0 Å². The summed E-state index contributed by atoms with van der Waals surface area (Å²) in [7, 11) is 0. The molecule has 0 aliphatic carbocycles. The fourth-order valence-corrected chi connectivity index (χ4v) is 0.295. The van der Waals surface area contributed by atoms with E-state index in [1.807, 2.05) is 0 Å². The maximum absolute atomic E-state index is 9.43. The maximum Gasteiger partial charge on any atom is 0.179 e. The summed E-state index contributed by atoms with van der Waals surface area (Å²) in [5.74, 6) is 0. The monoisotopic (exact) mass is 130 g/mol. The predicted molar refractivity (Wildman–Crippen MR) is 30.5 cm³/mol. The quantitative estimate of drug-likeness (QED) is 0.428. The van der Waals surface area contributed by atoms with Crippen LogP contribution in [0.4, 0.5) is 0 Å². The van der Waals surface area contributed by atoms with E-state index in [0.29, 0.717) is 6.42 Å². The highest BCUT2D eigenvalue weighted by atomic mass is 16.5. The van der Waals surface area contributed by atoms with Gasteiger partial charge in [0.05, 0.1) is 0 Å². The molecule has 52 valence electrons. The number of rotatable bonds is 3. The lowest BCUT2D eigenvalue weighted by Crippen LogP contribution is -1.93. The Balaban J connectivity index is 3.68. The summed E-state index contributed by atoms with van der Waals surface area (Å²) in [5.41, 5.74) is 0. The molecular weight excluding hydrogens is 124 g/mol. The molecule has 0 aromatic heterocycles. The Labute approximate surface area is 51.9 Å².